The molecule has 0 aliphatic rings. The van der Waals surface area contributed by atoms with Gasteiger partial charge in [-0.15, -0.1) is 0 Å². The first-order valence-electron chi connectivity index (χ1n) is 3.60. The molecule has 0 amide bonds. The first-order chi connectivity index (χ1) is 6.15. The summed E-state index contributed by atoms with van der Waals surface area (Å²) in [6.45, 7) is -0.351. The maximum absolute atomic E-state index is 11.3. The van der Waals surface area contributed by atoms with Crippen molar-refractivity contribution in [3.8, 4) is 0 Å². The fourth-order valence-corrected chi connectivity index (χ4v) is 0.889. The molecule has 6 nitrogen and oxygen atoms in total. The summed E-state index contributed by atoms with van der Waals surface area (Å²) in [7, 11) is 1.55. The lowest BCUT2D eigenvalue weighted by Gasteiger charge is -2.03. The van der Waals surface area contributed by atoms with Crippen LogP contribution >= 0.6 is 0 Å². The van der Waals surface area contributed by atoms with Crippen LogP contribution in [0.1, 0.15) is 0 Å². The zero-order chi connectivity index (χ0) is 9.84. The third kappa shape index (κ3) is 2.05. The Morgan fingerprint density at radius 3 is 3.00 bits per heavy atom. The van der Waals surface area contributed by atoms with Gasteiger partial charge in [-0.2, -0.15) is 0 Å². The van der Waals surface area contributed by atoms with Gasteiger partial charge in [0.15, 0.2) is 5.82 Å². The minimum Gasteiger partial charge on any atom is -0.480 e. The van der Waals surface area contributed by atoms with Gasteiger partial charge in [-0.1, -0.05) is 0 Å². The van der Waals surface area contributed by atoms with E-state index in [2.05, 4.69) is 10.3 Å². The van der Waals surface area contributed by atoms with E-state index in [0.29, 0.717) is 0 Å². The van der Waals surface area contributed by atoms with Crippen molar-refractivity contribution in [1.29, 1.82) is 0 Å². The van der Waals surface area contributed by atoms with Crippen molar-refractivity contribution >= 4 is 11.8 Å². The fraction of sp³-hybridized carbons (Fsp3) is 0.286. The van der Waals surface area contributed by atoms with Crippen molar-refractivity contribution in [2.24, 2.45) is 0 Å². The minimum atomic E-state index is -1.06. The van der Waals surface area contributed by atoms with Crippen molar-refractivity contribution < 1.29 is 9.90 Å². The zero-order valence-electron chi connectivity index (χ0n) is 7.02. The van der Waals surface area contributed by atoms with Crippen LogP contribution in [0.25, 0.3) is 0 Å². The lowest BCUT2D eigenvalue weighted by atomic mass is 10.5. The average Bonchev–Trinajstić information content (AvgIpc) is 2.08. The Kier molecular flexibility index (Phi) is 2.63. The van der Waals surface area contributed by atoms with Crippen molar-refractivity contribution in [2.75, 3.05) is 12.4 Å². The molecule has 70 valence electrons. The first-order valence-corrected chi connectivity index (χ1v) is 3.60. The summed E-state index contributed by atoms with van der Waals surface area (Å²) in [6.07, 6.45) is 2.70. The van der Waals surface area contributed by atoms with Gasteiger partial charge in [-0.05, 0) is 0 Å². The summed E-state index contributed by atoms with van der Waals surface area (Å²) < 4.78 is 1.07. The number of rotatable bonds is 3. The van der Waals surface area contributed by atoms with Crippen LogP contribution in [0.3, 0.4) is 0 Å². The predicted octanol–water partition coefficient (Wildman–Crippen LogP) is -0.630. The summed E-state index contributed by atoms with van der Waals surface area (Å²) in [6, 6.07) is 0. The molecule has 1 aromatic rings. The Balaban J connectivity index is 3.09. The maximum atomic E-state index is 11.3. The van der Waals surface area contributed by atoms with Crippen molar-refractivity contribution in [3.05, 3.63) is 22.7 Å². The molecule has 0 bridgehead atoms. The highest BCUT2D eigenvalue weighted by Gasteiger charge is 2.04. The standard InChI is InChI=1S/C7H9N3O3/c1-8-6-7(13)10(3-2-9-6)4-5(11)12/h2-3H,4H2,1H3,(H,8,9)(H,11,12). The maximum Gasteiger partial charge on any atom is 0.323 e. The summed E-state index contributed by atoms with van der Waals surface area (Å²) in [4.78, 5) is 25.4. The topological polar surface area (TPSA) is 84.2 Å². The molecule has 0 saturated heterocycles. The van der Waals surface area contributed by atoms with E-state index in [1.807, 2.05) is 0 Å². The lowest BCUT2D eigenvalue weighted by molar-refractivity contribution is -0.137. The largest absolute Gasteiger partial charge is 0.480 e. The normalized spacial score (nSPS) is 9.62. The number of nitrogens with one attached hydrogen (secondary N) is 1. The number of hydrogen-bond acceptors (Lipinski definition) is 4. The molecule has 0 aliphatic carbocycles. The van der Waals surface area contributed by atoms with Gasteiger partial charge in [-0.3, -0.25) is 14.2 Å². The van der Waals surface area contributed by atoms with E-state index >= 15 is 0 Å². The smallest absolute Gasteiger partial charge is 0.323 e. The van der Waals surface area contributed by atoms with Gasteiger partial charge >= 0.3 is 5.97 Å². The van der Waals surface area contributed by atoms with Crippen LogP contribution in [0.5, 0.6) is 0 Å². The van der Waals surface area contributed by atoms with Gasteiger partial charge in [0.25, 0.3) is 5.56 Å². The zero-order valence-corrected chi connectivity index (χ0v) is 7.02. The van der Waals surface area contributed by atoms with Crippen LogP contribution in [-0.4, -0.2) is 27.7 Å². The molecule has 0 fully saturated rings. The average molecular weight is 183 g/mol. The van der Waals surface area contributed by atoms with Crippen molar-refractivity contribution in [1.82, 2.24) is 9.55 Å². The first kappa shape index (κ1) is 9.24. The molecule has 1 heterocycles. The quantitative estimate of drug-likeness (QED) is 0.651. The molecule has 0 radical (unpaired) electrons. The third-order valence-corrected chi connectivity index (χ3v) is 1.46. The third-order valence-electron chi connectivity index (χ3n) is 1.46. The summed E-state index contributed by atoms with van der Waals surface area (Å²) in [5.74, 6) is -0.917. The van der Waals surface area contributed by atoms with E-state index in [9.17, 15) is 9.59 Å². The van der Waals surface area contributed by atoms with Crippen LogP contribution in [-0.2, 0) is 11.3 Å². The molecule has 0 aromatic carbocycles. The lowest BCUT2D eigenvalue weighted by Crippen LogP contribution is -2.26. The number of anilines is 1. The molecule has 0 spiro atoms. The Labute approximate surface area is 73.8 Å². The fourth-order valence-electron chi connectivity index (χ4n) is 0.889. The van der Waals surface area contributed by atoms with Gasteiger partial charge in [-0.25, -0.2) is 4.98 Å². The number of nitrogens with zero attached hydrogens (tertiary/aromatic N) is 2. The van der Waals surface area contributed by atoms with E-state index in [1.165, 1.54) is 12.4 Å². The molecular weight excluding hydrogens is 174 g/mol. The molecule has 0 aliphatic heterocycles. The van der Waals surface area contributed by atoms with Crippen molar-refractivity contribution in [2.45, 2.75) is 6.54 Å². The number of carbonyl (C=O) groups is 1. The second-order valence-corrected chi connectivity index (χ2v) is 2.35. The molecule has 2 N–H and O–H groups in total. The van der Waals surface area contributed by atoms with Crippen LogP contribution < -0.4 is 10.9 Å². The second-order valence-electron chi connectivity index (χ2n) is 2.35. The Morgan fingerprint density at radius 1 is 1.77 bits per heavy atom. The molecule has 13 heavy (non-hydrogen) atoms. The van der Waals surface area contributed by atoms with Crippen LogP contribution in [0.2, 0.25) is 0 Å². The highest BCUT2D eigenvalue weighted by Crippen LogP contribution is 1.90. The van der Waals surface area contributed by atoms with Gasteiger partial charge in [0.2, 0.25) is 0 Å². The molecule has 6 heteroatoms. The Morgan fingerprint density at radius 2 is 2.46 bits per heavy atom. The molecular formula is C7H9N3O3. The van der Waals surface area contributed by atoms with E-state index in [4.69, 9.17) is 5.11 Å². The molecule has 1 rings (SSSR count). The van der Waals surface area contributed by atoms with Crippen LogP contribution in [0, 0.1) is 0 Å². The monoisotopic (exact) mass is 183 g/mol. The summed E-state index contributed by atoms with van der Waals surface area (Å²) in [5.41, 5.74) is -0.438. The Hall–Kier alpha value is -1.85. The SMILES string of the molecule is CNc1nccn(CC(=O)O)c1=O. The Bertz CT molecular complexity index is 371. The van der Waals surface area contributed by atoms with Crippen LogP contribution in [0.4, 0.5) is 5.82 Å². The van der Waals surface area contributed by atoms with Crippen molar-refractivity contribution in [3.63, 3.8) is 0 Å². The molecule has 0 unspecified atom stereocenters. The minimum absolute atomic E-state index is 0.142. The van der Waals surface area contributed by atoms with Gasteiger partial charge in [0, 0.05) is 19.4 Å². The number of carboxylic acids is 1. The second kappa shape index (κ2) is 3.70. The van der Waals surface area contributed by atoms with Gasteiger partial charge < -0.3 is 10.4 Å². The number of hydrogen-bond donors (Lipinski definition) is 2. The van der Waals surface area contributed by atoms with E-state index in [1.54, 1.807) is 7.05 Å². The van der Waals surface area contributed by atoms with E-state index in [0.717, 1.165) is 4.57 Å². The summed E-state index contributed by atoms with van der Waals surface area (Å²) in [5, 5.41) is 11.0. The van der Waals surface area contributed by atoms with Gasteiger partial charge in [0.1, 0.15) is 6.54 Å². The van der Waals surface area contributed by atoms with Gasteiger partial charge in [0.05, 0.1) is 0 Å². The molecule has 1 aromatic heterocycles. The van der Waals surface area contributed by atoms with E-state index in [-0.39, 0.29) is 12.4 Å². The summed E-state index contributed by atoms with van der Waals surface area (Å²) >= 11 is 0. The highest BCUT2D eigenvalue weighted by molar-refractivity contribution is 5.66. The highest BCUT2D eigenvalue weighted by atomic mass is 16.4. The number of aliphatic carboxylic acids is 1. The molecule has 0 atom stereocenters. The number of aromatic nitrogens is 2. The van der Waals surface area contributed by atoms with Crippen LogP contribution in [0.15, 0.2) is 17.2 Å². The number of carboxylic acid groups (broad SMARTS) is 1. The predicted molar refractivity (Wildman–Crippen MR) is 45.7 cm³/mol. The van der Waals surface area contributed by atoms with E-state index < -0.39 is 11.5 Å². The molecule has 0 saturated carbocycles.